The second kappa shape index (κ2) is 6.10. The Morgan fingerprint density at radius 1 is 1.14 bits per heavy atom. The Kier molecular flexibility index (Phi) is 3.83. The molecule has 0 spiro atoms. The van der Waals surface area contributed by atoms with Crippen LogP contribution in [-0.4, -0.2) is 21.4 Å². The molecule has 2 heterocycles. The quantitative estimate of drug-likeness (QED) is 0.572. The zero-order valence-corrected chi connectivity index (χ0v) is 11.7. The molecule has 0 radical (unpaired) electrons. The lowest BCUT2D eigenvalue weighted by atomic mass is 10.2. The molecule has 0 fully saturated rings. The van der Waals surface area contributed by atoms with E-state index < -0.39 is 0 Å². The predicted molar refractivity (Wildman–Crippen MR) is 83.6 cm³/mol. The lowest BCUT2D eigenvalue weighted by Gasteiger charge is -2.00. The lowest BCUT2D eigenvalue weighted by molar-refractivity contribution is 0.947. The third-order valence-corrected chi connectivity index (χ3v) is 3.46. The summed E-state index contributed by atoms with van der Waals surface area (Å²) in [6.45, 7) is 0. The van der Waals surface area contributed by atoms with Crippen LogP contribution >= 0.6 is 11.3 Å². The van der Waals surface area contributed by atoms with Gasteiger partial charge in [0.05, 0.1) is 6.21 Å². The second-order valence-corrected chi connectivity index (χ2v) is 5.08. The van der Waals surface area contributed by atoms with Crippen LogP contribution in [0.5, 0.6) is 0 Å². The maximum atomic E-state index is 12.0. The molecule has 7 heteroatoms. The van der Waals surface area contributed by atoms with Crippen LogP contribution in [0.15, 0.2) is 57.7 Å². The first kappa shape index (κ1) is 13.2. The second-order valence-electron chi connectivity index (χ2n) is 4.10. The molecule has 21 heavy (non-hydrogen) atoms. The molecule has 0 bridgehead atoms. The highest BCUT2D eigenvalue weighted by atomic mass is 32.1. The summed E-state index contributed by atoms with van der Waals surface area (Å²) in [5, 5.41) is 13.8. The van der Waals surface area contributed by atoms with Crippen molar-refractivity contribution in [3.63, 3.8) is 0 Å². The number of H-pyrrole nitrogens is 1. The van der Waals surface area contributed by atoms with Crippen LogP contribution in [0.2, 0.25) is 0 Å². The number of rotatable bonds is 4. The van der Waals surface area contributed by atoms with E-state index in [9.17, 15) is 4.79 Å². The molecule has 3 aromatic rings. The van der Waals surface area contributed by atoms with Gasteiger partial charge in [0.2, 0.25) is 5.95 Å². The largest absolute Gasteiger partial charge is 0.288 e. The Morgan fingerprint density at radius 2 is 2.00 bits per heavy atom. The first-order valence-electron chi connectivity index (χ1n) is 6.18. The number of hydrazone groups is 1. The molecule has 0 saturated carbocycles. The number of aromatic nitrogens is 3. The molecule has 1 aromatic carbocycles. The molecule has 104 valence electrons. The number of aromatic amines is 1. The van der Waals surface area contributed by atoms with Gasteiger partial charge in [-0.05, 0) is 11.4 Å². The Morgan fingerprint density at radius 3 is 2.71 bits per heavy atom. The third-order valence-electron chi connectivity index (χ3n) is 2.65. The first-order chi connectivity index (χ1) is 10.3. The van der Waals surface area contributed by atoms with Crippen molar-refractivity contribution in [3.8, 4) is 11.3 Å². The summed E-state index contributed by atoms with van der Waals surface area (Å²) in [7, 11) is 0. The van der Waals surface area contributed by atoms with E-state index in [1.165, 1.54) is 0 Å². The monoisotopic (exact) mass is 297 g/mol. The van der Waals surface area contributed by atoms with E-state index in [0.29, 0.717) is 0 Å². The average molecular weight is 297 g/mol. The highest BCUT2D eigenvalue weighted by Crippen LogP contribution is 2.10. The van der Waals surface area contributed by atoms with Gasteiger partial charge in [-0.1, -0.05) is 36.4 Å². The third kappa shape index (κ3) is 3.21. The van der Waals surface area contributed by atoms with Gasteiger partial charge in [0.15, 0.2) is 5.69 Å². The van der Waals surface area contributed by atoms with E-state index in [4.69, 9.17) is 0 Å². The Labute approximate surface area is 124 Å². The molecule has 0 saturated heterocycles. The molecule has 0 aliphatic rings. The summed E-state index contributed by atoms with van der Waals surface area (Å²) in [5.74, 6) is 0.201. The van der Waals surface area contributed by atoms with Crippen molar-refractivity contribution in [3.05, 3.63) is 63.1 Å². The number of nitrogens with zero attached hydrogens (tertiary/aromatic N) is 3. The molecular weight excluding hydrogens is 286 g/mol. The van der Waals surface area contributed by atoms with Crippen molar-refractivity contribution in [2.75, 3.05) is 5.43 Å². The van der Waals surface area contributed by atoms with Crippen molar-refractivity contribution in [1.29, 1.82) is 0 Å². The van der Waals surface area contributed by atoms with Gasteiger partial charge < -0.3 is 0 Å². The van der Waals surface area contributed by atoms with E-state index >= 15 is 0 Å². The maximum Gasteiger partial charge on any atom is 0.279 e. The fourth-order valence-electron chi connectivity index (χ4n) is 1.69. The maximum absolute atomic E-state index is 12.0. The Hall–Kier alpha value is -2.80. The summed E-state index contributed by atoms with van der Waals surface area (Å²) in [4.78, 5) is 15.6. The van der Waals surface area contributed by atoms with Crippen molar-refractivity contribution < 1.29 is 0 Å². The molecule has 0 amide bonds. The Balaban J connectivity index is 1.77. The number of hydrogen-bond acceptors (Lipinski definition) is 6. The normalized spacial score (nSPS) is 10.9. The minimum absolute atomic E-state index is 0.201. The SMILES string of the molecule is O=c1[nH]c(N/N=C/c2cccs2)nnc1-c1ccccc1. The van der Waals surface area contributed by atoms with Crippen LogP contribution < -0.4 is 11.0 Å². The number of thiophene rings is 1. The van der Waals surface area contributed by atoms with Crippen molar-refractivity contribution in [2.45, 2.75) is 0 Å². The van der Waals surface area contributed by atoms with E-state index in [1.807, 2.05) is 35.7 Å². The van der Waals surface area contributed by atoms with Crippen LogP contribution in [0.4, 0.5) is 5.95 Å². The fourth-order valence-corrected chi connectivity index (χ4v) is 2.28. The summed E-state index contributed by atoms with van der Waals surface area (Å²) >= 11 is 1.56. The standard InChI is InChI=1S/C14H11N5OS/c20-13-12(10-5-2-1-3-6-10)17-19-14(16-13)18-15-9-11-7-4-8-21-11/h1-9H,(H2,16,18,19,20)/b15-9+. The molecule has 2 N–H and O–H groups in total. The van der Waals surface area contributed by atoms with Gasteiger partial charge in [0.25, 0.3) is 5.56 Å². The first-order valence-corrected chi connectivity index (χ1v) is 7.06. The van der Waals surface area contributed by atoms with Crippen LogP contribution in [0.25, 0.3) is 11.3 Å². The number of benzene rings is 1. The van der Waals surface area contributed by atoms with E-state index in [-0.39, 0.29) is 17.2 Å². The minimum Gasteiger partial charge on any atom is -0.288 e. The van der Waals surface area contributed by atoms with Crippen molar-refractivity contribution >= 4 is 23.5 Å². The van der Waals surface area contributed by atoms with Crippen molar-refractivity contribution in [2.24, 2.45) is 5.10 Å². The Bertz CT molecular complexity index is 796. The zero-order valence-electron chi connectivity index (χ0n) is 10.9. The lowest BCUT2D eigenvalue weighted by Crippen LogP contribution is -2.15. The molecular formula is C14H11N5OS. The molecule has 2 aromatic heterocycles. The van der Waals surface area contributed by atoms with E-state index in [0.717, 1.165) is 10.4 Å². The average Bonchev–Trinajstić information content (AvgIpc) is 3.02. The minimum atomic E-state index is -0.315. The van der Waals surface area contributed by atoms with Gasteiger partial charge >= 0.3 is 0 Å². The van der Waals surface area contributed by atoms with Crippen LogP contribution in [0.1, 0.15) is 4.88 Å². The molecule has 0 aliphatic carbocycles. The predicted octanol–water partition coefficient (Wildman–Crippen LogP) is 2.34. The number of hydrogen-bond donors (Lipinski definition) is 2. The molecule has 0 aliphatic heterocycles. The smallest absolute Gasteiger partial charge is 0.279 e. The van der Waals surface area contributed by atoms with Gasteiger partial charge in [0, 0.05) is 10.4 Å². The van der Waals surface area contributed by atoms with E-state index in [1.54, 1.807) is 29.7 Å². The summed E-state index contributed by atoms with van der Waals surface area (Å²) < 4.78 is 0. The van der Waals surface area contributed by atoms with Crippen LogP contribution in [0.3, 0.4) is 0 Å². The molecule has 6 nitrogen and oxygen atoms in total. The van der Waals surface area contributed by atoms with Gasteiger partial charge in [0.1, 0.15) is 0 Å². The van der Waals surface area contributed by atoms with Gasteiger partial charge in [-0.2, -0.15) is 5.10 Å². The zero-order chi connectivity index (χ0) is 14.5. The molecule has 3 rings (SSSR count). The molecule has 0 unspecified atom stereocenters. The van der Waals surface area contributed by atoms with E-state index in [2.05, 4.69) is 25.7 Å². The topological polar surface area (TPSA) is 83.0 Å². The molecule has 0 atom stereocenters. The highest BCUT2D eigenvalue weighted by molar-refractivity contribution is 7.11. The van der Waals surface area contributed by atoms with Crippen molar-refractivity contribution in [1.82, 2.24) is 15.2 Å². The fraction of sp³-hybridized carbons (Fsp3) is 0. The van der Waals surface area contributed by atoms with Crippen LogP contribution in [-0.2, 0) is 0 Å². The van der Waals surface area contributed by atoms with Gasteiger partial charge in [-0.15, -0.1) is 21.5 Å². The highest BCUT2D eigenvalue weighted by Gasteiger charge is 2.06. The van der Waals surface area contributed by atoms with Gasteiger partial charge in [-0.25, -0.2) is 5.43 Å². The summed E-state index contributed by atoms with van der Waals surface area (Å²) in [5.41, 5.74) is 3.34. The van der Waals surface area contributed by atoms with Crippen LogP contribution in [0, 0.1) is 0 Å². The number of anilines is 1. The number of nitrogens with one attached hydrogen (secondary N) is 2. The summed E-state index contributed by atoms with van der Waals surface area (Å²) in [6.07, 6.45) is 1.65. The summed E-state index contributed by atoms with van der Waals surface area (Å²) in [6, 6.07) is 13.0. The van der Waals surface area contributed by atoms with Gasteiger partial charge in [-0.3, -0.25) is 9.78 Å².